The minimum absolute atomic E-state index is 0.442. The van der Waals surface area contributed by atoms with Gasteiger partial charge in [-0.15, -0.1) is 5.10 Å². The van der Waals surface area contributed by atoms with E-state index in [2.05, 4.69) is 37.0 Å². The molecule has 0 saturated carbocycles. The van der Waals surface area contributed by atoms with Crippen LogP contribution in [0.2, 0.25) is 0 Å². The van der Waals surface area contributed by atoms with E-state index in [1.807, 2.05) is 32.0 Å². The van der Waals surface area contributed by atoms with E-state index in [0.717, 1.165) is 36.2 Å². The molecule has 1 atom stereocenters. The highest BCUT2D eigenvalue weighted by Crippen LogP contribution is 2.24. The summed E-state index contributed by atoms with van der Waals surface area (Å²) in [4.78, 5) is 13.4. The molecule has 1 aliphatic heterocycles. The van der Waals surface area contributed by atoms with Crippen LogP contribution in [0.25, 0.3) is 0 Å². The Morgan fingerprint density at radius 3 is 2.91 bits per heavy atom. The van der Waals surface area contributed by atoms with Gasteiger partial charge in [0, 0.05) is 44.1 Å². The monoisotopic (exact) mass is 298 g/mol. The average Bonchev–Trinajstić information content (AvgIpc) is 2.95. The Morgan fingerprint density at radius 2 is 2.18 bits per heavy atom. The molecule has 6 nitrogen and oxygen atoms in total. The van der Waals surface area contributed by atoms with E-state index in [9.17, 15) is 0 Å². The molecule has 6 heteroatoms. The number of hydrogen-bond acceptors (Lipinski definition) is 6. The fraction of sp³-hybridized carbons (Fsp3) is 0.500. The number of likely N-dealkylation sites (N-methyl/N-ethyl adjacent to an activating group) is 1. The average molecular weight is 298 g/mol. The summed E-state index contributed by atoms with van der Waals surface area (Å²) in [5, 5.41) is 8.25. The zero-order chi connectivity index (χ0) is 15.5. The summed E-state index contributed by atoms with van der Waals surface area (Å²) < 4.78 is 0. The van der Waals surface area contributed by atoms with E-state index in [1.165, 1.54) is 12.8 Å². The largest absolute Gasteiger partial charge is 0.357 e. The van der Waals surface area contributed by atoms with Gasteiger partial charge in [-0.3, -0.25) is 0 Å². The molecule has 22 heavy (non-hydrogen) atoms. The maximum absolute atomic E-state index is 4.54. The molecule has 0 aromatic carbocycles. The first-order valence-corrected chi connectivity index (χ1v) is 7.71. The molecule has 0 N–H and O–H groups in total. The summed E-state index contributed by atoms with van der Waals surface area (Å²) in [5.74, 6) is 2.77. The quantitative estimate of drug-likeness (QED) is 0.860. The van der Waals surface area contributed by atoms with Crippen molar-refractivity contribution in [1.29, 1.82) is 0 Å². The molecule has 0 aliphatic carbocycles. The molecule has 0 radical (unpaired) electrons. The van der Waals surface area contributed by atoms with Gasteiger partial charge in [-0.25, -0.2) is 9.97 Å². The second-order valence-corrected chi connectivity index (χ2v) is 5.87. The summed E-state index contributed by atoms with van der Waals surface area (Å²) in [6, 6.07) is 6.45. The second kappa shape index (κ2) is 6.25. The van der Waals surface area contributed by atoms with Gasteiger partial charge in [-0.1, -0.05) is 0 Å². The highest BCUT2D eigenvalue weighted by atomic mass is 15.3. The van der Waals surface area contributed by atoms with Gasteiger partial charge >= 0.3 is 0 Å². The van der Waals surface area contributed by atoms with E-state index >= 15 is 0 Å². The zero-order valence-corrected chi connectivity index (χ0v) is 13.4. The number of nitrogens with zero attached hydrogens (tertiary/aromatic N) is 6. The number of aryl methyl sites for hydroxylation is 2. The topological polar surface area (TPSA) is 58.0 Å². The Hall–Kier alpha value is -2.24. The highest BCUT2D eigenvalue weighted by Gasteiger charge is 2.27. The van der Waals surface area contributed by atoms with Crippen LogP contribution in [0.15, 0.2) is 24.4 Å². The van der Waals surface area contributed by atoms with Crippen LogP contribution < -0.4 is 9.80 Å². The lowest BCUT2D eigenvalue weighted by molar-refractivity contribution is 0.642. The predicted octanol–water partition coefficient (Wildman–Crippen LogP) is 1.99. The maximum atomic E-state index is 4.54. The summed E-state index contributed by atoms with van der Waals surface area (Å²) in [6.07, 6.45) is 4.08. The minimum Gasteiger partial charge on any atom is -0.357 e. The Bertz CT molecular complexity index is 610. The first-order chi connectivity index (χ1) is 10.6. The van der Waals surface area contributed by atoms with E-state index in [1.54, 1.807) is 6.20 Å². The van der Waals surface area contributed by atoms with Crippen LogP contribution >= 0.6 is 0 Å². The van der Waals surface area contributed by atoms with Crippen LogP contribution in [0, 0.1) is 13.8 Å². The van der Waals surface area contributed by atoms with Crippen molar-refractivity contribution >= 4 is 11.6 Å². The van der Waals surface area contributed by atoms with Crippen molar-refractivity contribution in [3.8, 4) is 0 Å². The van der Waals surface area contributed by atoms with E-state index in [0.29, 0.717) is 6.04 Å². The third kappa shape index (κ3) is 3.16. The number of rotatable bonds is 4. The van der Waals surface area contributed by atoms with Crippen molar-refractivity contribution in [2.45, 2.75) is 32.7 Å². The molecule has 1 aliphatic rings. The number of anilines is 2. The van der Waals surface area contributed by atoms with Gasteiger partial charge in [0.05, 0.1) is 0 Å². The van der Waals surface area contributed by atoms with Gasteiger partial charge in [0.15, 0.2) is 5.82 Å². The van der Waals surface area contributed by atoms with Gasteiger partial charge in [-0.2, -0.15) is 5.10 Å². The normalized spacial score (nSPS) is 17.8. The summed E-state index contributed by atoms with van der Waals surface area (Å²) in [7, 11) is 2.09. The van der Waals surface area contributed by atoms with Gasteiger partial charge in [0.25, 0.3) is 0 Å². The molecule has 1 saturated heterocycles. The molecule has 3 rings (SSSR count). The summed E-state index contributed by atoms with van der Waals surface area (Å²) >= 11 is 0. The second-order valence-electron chi connectivity index (χ2n) is 5.87. The Morgan fingerprint density at radius 1 is 1.32 bits per heavy atom. The van der Waals surface area contributed by atoms with Gasteiger partial charge in [0.2, 0.25) is 0 Å². The maximum Gasteiger partial charge on any atom is 0.151 e. The summed E-state index contributed by atoms with van der Waals surface area (Å²) in [5.41, 5.74) is 1.01. The Kier molecular flexibility index (Phi) is 4.18. The van der Waals surface area contributed by atoms with Gasteiger partial charge in [0.1, 0.15) is 11.6 Å². The van der Waals surface area contributed by atoms with Crippen molar-refractivity contribution in [3.63, 3.8) is 0 Å². The first kappa shape index (κ1) is 14.7. The van der Waals surface area contributed by atoms with Crippen LogP contribution in [0.4, 0.5) is 11.6 Å². The SMILES string of the molecule is Cc1cc(N(C)CC2CCCN2c2cccnn2)nc(C)n1. The molecular weight excluding hydrogens is 276 g/mol. The highest BCUT2D eigenvalue weighted by molar-refractivity contribution is 5.43. The molecule has 0 amide bonds. The van der Waals surface area contributed by atoms with Crippen LogP contribution in [-0.4, -0.2) is 46.3 Å². The fourth-order valence-electron chi connectivity index (χ4n) is 3.08. The zero-order valence-electron chi connectivity index (χ0n) is 13.4. The minimum atomic E-state index is 0.442. The molecule has 0 spiro atoms. The first-order valence-electron chi connectivity index (χ1n) is 7.71. The van der Waals surface area contributed by atoms with Crippen molar-refractivity contribution in [1.82, 2.24) is 20.2 Å². The van der Waals surface area contributed by atoms with Crippen LogP contribution in [-0.2, 0) is 0 Å². The standard InChI is InChI=1S/C16H22N6/c1-12-10-16(19-13(2)18-12)21(3)11-14-6-5-9-22(14)15-7-4-8-17-20-15/h4,7-8,10,14H,5-6,9,11H2,1-3H3. The Labute approximate surface area is 131 Å². The lowest BCUT2D eigenvalue weighted by atomic mass is 10.2. The smallest absolute Gasteiger partial charge is 0.151 e. The van der Waals surface area contributed by atoms with Gasteiger partial charge < -0.3 is 9.80 Å². The molecular formula is C16H22N6. The van der Waals surface area contributed by atoms with Crippen molar-refractivity contribution < 1.29 is 0 Å². The van der Waals surface area contributed by atoms with E-state index < -0.39 is 0 Å². The van der Waals surface area contributed by atoms with Crippen LogP contribution in [0.3, 0.4) is 0 Å². The fourth-order valence-corrected chi connectivity index (χ4v) is 3.08. The molecule has 2 aromatic heterocycles. The van der Waals surface area contributed by atoms with Crippen molar-refractivity contribution in [2.24, 2.45) is 0 Å². The Balaban J connectivity index is 1.74. The van der Waals surface area contributed by atoms with Gasteiger partial charge in [-0.05, 0) is 38.8 Å². The van der Waals surface area contributed by atoms with E-state index in [-0.39, 0.29) is 0 Å². The molecule has 116 valence electrons. The van der Waals surface area contributed by atoms with Crippen LogP contribution in [0.5, 0.6) is 0 Å². The van der Waals surface area contributed by atoms with Crippen LogP contribution in [0.1, 0.15) is 24.4 Å². The summed E-state index contributed by atoms with van der Waals surface area (Å²) in [6.45, 7) is 5.91. The van der Waals surface area contributed by atoms with Crippen molar-refractivity contribution in [2.75, 3.05) is 29.9 Å². The molecule has 3 heterocycles. The lowest BCUT2D eigenvalue weighted by Gasteiger charge is -2.29. The van der Waals surface area contributed by atoms with E-state index in [4.69, 9.17) is 0 Å². The third-order valence-electron chi connectivity index (χ3n) is 4.06. The predicted molar refractivity (Wildman–Crippen MR) is 87.2 cm³/mol. The molecule has 0 bridgehead atoms. The molecule has 1 fully saturated rings. The lowest BCUT2D eigenvalue weighted by Crippen LogP contribution is -2.39. The molecule has 2 aromatic rings. The third-order valence-corrected chi connectivity index (χ3v) is 4.06. The number of aromatic nitrogens is 4. The number of hydrogen-bond donors (Lipinski definition) is 0. The van der Waals surface area contributed by atoms with Crippen molar-refractivity contribution in [3.05, 3.63) is 35.9 Å². The molecule has 1 unspecified atom stereocenters.